The summed E-state index contributed by atoms with van der Waals surface area (Å²) in [5.74, 6) is 1.58. The van der Waals surface area contributed by atoms with Gasteiger partial charge in [-0.2, -0.15) is 5.26 Å². The van der Waals surface area contributed by atoms with Gasteiger partial charge in [0.1, 0.15) is 5.82 Å². The summed E-state index contributed by atoms with van der Waals surface area (Å²) in [5.41, 5.74) is 1.61. The Morgan fingerprint density at radius 2 is 2.18 bits per heavy atom. The molecule has 1 aromatic heterocycles. The SMILES string of the molecule is N#Cc1ccccc1Cn1ccnc1CC1CCS(=O)(=O)C1. The molecule has 1 aromatic carbocycles. The van der Waals surface area contributed by atoms with Crippen molar-refractivity contribution < 1.29 is 8.42 Å². The second-order valence-electron chi connectivity index (χ2n) is 5.71. The molecule has 0 saturated carbocycles. The number of nitrogens with zero attached hydrogens (tertiary/aromatic N) is 3. The summed E-state index contributed by atoms with van der Waals surface area (Å²) in [6.07, 6.45) is 4.99. The van der Waals surface area contributed by atoms with Gasteiger partial charge in [0.15, 0.2) is 9.84 Å². The molecule has 1 unspecified atom stereocenters. The van der Waals surface area contributed by atoms with Crippen molar-refractivity contribution in [1.29, 1.82) is 5.26 Å². The van der Waals surface area contributed by atoms with Crippen LogP contribution in [0.1, 0.15) is 23.4 Å². The summed E-state index contributed by atoms with van der Waals surface area (Å²) in [4.78, 5) is 4.36. The van der Waals surface area contributed by atoms with Crippen LogP contribution in [0.3, 0.4) is 0 Å². The second-order valence-corrected chi connectivity index (χ2v) is 7.94. The molecule has 1 fully saturated rings. The highest BCUT2D eigenvalue weighted by molar-refractivity contribution is 7.91. The van der Waals surface area contributed by atoms with Gasteiger partial charge in [-0.15, -0.1) is 0 Å². The predicted octanol–water partition coefficient (Wildman–Crippen LogP) is 1.78. The zero-order valence-electron chi connectivity index (χ0n) is 12.1. The van der Waals surface area contributed by atoms with Crippen LogP contribution in [0.5, 0.6) is 0 Å². The molecule has 22 heavy (non-hydrogen) atoms. The Hall–Kier alpha value is -2.13. The predicted molar refractivity (Wildman–Crippen MR) is 83.0 cm³/mol. The van der Waals surface area contributed by atoms with E-state index in [1.54, 1.807) is 12.3 Å². The number of hydrogen-bond acceptors (Lipinski definition) is 4. The van der Waals surface area contributed by atoms with E-state index < -0.39 is 9.84 Å². The van der Waals surface area contributed by atoms with Gasteiger partial charge in [-0.25, -0.2) is 13.4 Å². The van der Waals surface area contributed by atoms with Gasteiger partial charge in [0.05, 0.1) is 29.7 Å². The standard InChI is InChI=1S/C16H17N3O2S/c17-10-14-3-1-2-4-15(14)11-19-7-6-18-16(19)9-13-5-8-22(20,21)12-13/h1-4,6-7,13H,5,8-9,11-12H2. The fraction of sp³-hybridized carbons (Fsp3) is 0.375. The Bertz CT molecular complexity index is 818. The molecule has 0 bridgehead atoms. The lowest BCUT2D eigenvalue weighted by Gasteiger charge is -2.11. The largest absolute Gasteiger partial charge is 0.330 e. The fourth-order valence-electron chi connectivity index (χ4n) is 2.92. The molecular formula is C16H17N3O2S. The average Bonchev–Trinajstić information content (AvgIpc) is 3.06. The van der Waals surface area contributed by atoms with E-state index in [2.05, 4.69) is 11.1 Å². The molecule has 3 rings (SSSR count). The van der Waals surface area contributed by atoms with Gasteiger partial charge >= 0.3 is 0 Å². The molecule has 2 heterocycles. The molecule has 0 N–H and O–H groups in total. The lowest BCUT2D eigenvalue weighted by atomic mass is 10.0. The van der Waals surface area contributed by atoms with Gasteiger partial charge in [-0.1, -0.05) is 18.2 Å². The summed E-state index contributed by atoms with van der Waals surface area (Å²) < 4.78 is 25.1. The molecule has 2 aromatic rings. The summed E-state index contributed by atoms with van der Waals surface area (Å²) >= 11 is 0. The van der Waals surface area contributed by atoms with Crippen LogP contribution in [0.25, 0.3) is 0 Å². The summed E-state index contributed by atoms with van der Waals surface area (Å²) in [6.45, 7) is 0.582. The van der Waals surface area contributed by atoms with Crippen LogP contribution in [0.2, 0.25) is 0 Å². The van der Waals surface area contributed by atoms with Crippen LogP contribution in [0, 0.1) is 17.2 Å². The second kappa shape index (κ2) is 5.93. The highest BCUT2D eigenvalue weighted by Crippen LogP contribution is 2.22. The monoisotopic (exact) mass is 315 g/mol. The minimum atomic E-state index is -2.86. The van der Waals surface area contributed by atoms with Crippen LogP contribution in [0.4, 0.5) is 0 Å². The van der Waals surface area contributed by atoms with Gasteiger partial charge in [0.2, 0.25) is 0 Å². The van der Waals surface area contributed by atoms with Crippen molar-refractivity contribution in [2.75, 3.05) is 11.5 Å². The highest BCUT2D eigenvalue weighted by atomic mass is 32.2. The molecule has 0 spiro atoms. The Morgan fingerprint density at radius 3 is 2.91 bits per heavy atom. The number of sulfone groups is 1. The van der Waals surface area contributed by atoms with Crippen molar-refractivity contribution >= 4 is 9.84 Å². The molecule has 5 nitrogen and oxygen atoms in total. The normalized spacial score (nSPS) is 19.9. The number of nitriles is 1. The molecule has 0 aliphatic carbocycles. The van der Waals surface area contributed by atoms with E-state index in [0.29, 0.717) is 24.9 Å². The number of rotatable bonds is 4. The summed E-state index contributed by atoms with van der Waals surface area (Å²) in [5, 5.41) is 9.16. The van der Waals surface area contributed by atoms with E-state index >= 15 is 0 Å². The molecule has 1 aliphatic rings. The van der Waals surface area contributed by atoms with Crippen molar-refractivity contribution in [3.63, 3.8) is 0 Å². The zero-order valence-corrected chi connectivity index (χ0v) is 13.0. The Morgan fingerprint density at radius 1 is 1.36 bits per heavy atom. The van der Waals surface area contributed by atoms with Crippen molar-refractivity contribution in [1.82, 2.24) is 9.55 Å². The quantitative estimate of drug-likeness (QED) is 0.862. The van der Waals surface area contributed by atoms with Crippen molar-refractivity contribution in [3.8, 4) is 6.07 Å². The van der Waals surface area contributed by atoms with Gasteiger partial charge in [-0.05, 0) is 24.0 Å². The first-order valence-electron chi connectivity index (χ1n) is 7.26. The number of hydrogen-bond donors (Lipinski definition) is 0. The first-order chi connectivity index (χ1) is 10.6. The zero-order chi connectivity index (χ0) is 15.6. The molecule has 114 valence electrons. The molecule has 1 saturated heterocycles. The van der Waals surface area contributed by atoms with Gasteiger partial charge < -0.3 is 4.57 Å². The van der Waals surface area contributed by atoms with Gasteiger partial charge in [0, 0.05) is 18.8 Å². The third kappa shape index (κ3) is 3.20. The summed E-state index contributed by atoms with van der Waals surface area (Å²) in [6, 6.07) is 9.69. The van der Waals surface area contributed by atoms with E-state index in [9.17, 15) is 8.42 Å². The van der Waals surface area contributed by atoms with Crippen LogP contribution in [0.15, 0.2) is 36.7 Å². The Balaban J connectivity index is 1.77. The maximum Gasteiger partial charge on any atom is 0.150 e. The smallest absolute Gasteiger partial charge is 0.150 e. The van der Waals surface area contributed by atoms with Crippen LogP contribution < -0.4 is 0 Å². The van der Waals surface area contributed by atoms with Crippen LogP contribution in [-0.4, -0.2) is 29.5 Å². The van der Waals surface area contributed by atoms with Crippen molar-refractivity contribution in [2.24, 2.45) is 5.92 Å². The Labute approximate surface area is 130 Å². The van der Waals surface area contributed by atoms with E-state index in [1.807, 2.05) is 29.0 Å². The van der Waals surface area contributed by atoms with E-state index in [4.69, 9.17) is 5.26 Å². The maximum absolute atomic E-state index is 11.6. The minimum Gasteiger partial charge on any atom is -0.330 e. The highest BCUT2D eigenvalue weighted by Gasteiger charge is 2.28. The summed E-state index contributed by atoms with van der Waals surface area (Å²) in [7, 11) is -2.86. The molecule has 1 aliphatic heterocycles. The number of benzene rings is 1. The fourth-order valence-corrected chi connectivity index (χ4v) is 4.78. The first kappa shape index (κ1) is 14.8. The third-order valence-electron chi connectivity index (χ3n) is 4.08. The maximum atomic E-state index is 11.6. The molecule has 6 heteroatoms. The van der Waals surface area contributed by atoms with Gasteiger partial charge in [-0.3, -0.25) is 0 Å². The molecule has 0 radical (unpaired) electrons. The third-order valence-corrected chi connectivity index (χ3v) is 5.92. The topological polar surface area (TPSA) is 75.8 Å². The molecular weight excluding hydrogens is 298 g/mol. The van der Waals surface area contributed by atoms with Crippen LogP contribution >= 0.6 is 0 Å². The molecule has 1 atom stereocenters. The molecule has 0 amide bonds. The van der Waals surface area contributed by atoms with E-state index in [-0.39, 0.29) is 17.4 Å². The first-order valence-corrected chi connectivity index (χ1v) is 9.08. The van der Waals surface area contributed by atoms with Gasteiger partial charge in [0.25, 0.3) is 0 Å². The average molecular weight is 315 g/mol. The van der Waals surface area contributed by atoms with Crippen molar-refractivity contribution in [3.05, 3.63) is 53.6 Å². The number of imidazole rings is 1. The lowest BCUT2D eigenvalue weighted by Crippen LogP contribution is -2.12. The minimum absolute atomic E-state index is 0.150. The van der Waals surface area contributed by atoms with Crippen LogP contribution in [-0.2, 0) is 22.8 Å². The number of aromatic nitrogens is 2. The van der Waals surface area contributed by atoms with E-state index in [0.717, 1.165) is 11.4 Å². The van der Waals surface area contributed by atoms with E-state index in [1.165, 1.54) is 0 Å². The Kier molecular flexibility index (Phi) is 3.99. The lowest BCUT2D eigenvalue weighted by molar-refractivity contribution is 0.551. The van der Waals surface area contributed by atoms with Crippen molar-refractivity contribution in [2.45, 2.75) is 19.4 Å².